The number of nitrogens with two attached hydrogens (primary N) is 1. The summed E-state index contributed by atoms with van der Waals surface area (Å²) < 4.78 is 31.7. The fourth-order valence-corrected chi connectivity index (χ4v) is 1.76. The highest BCUT2D eigenvalue weighted by molar-refractivity contribution is 5.67. The van der Waals surface area contributed by atoms with E-state index in [4.69, 9.17) is 10.5 Å². The van der Waals surface area contributed by atoms with Crippen LogP contribution in [0.1, 0.15) is 12.8 Å². The molecule has 2 rings (SSSR count). The van der Waals surface area contributed by atoms with E-state index in [9.17, 15) is 8.78 Å². The molecule has 1 fully saturated rings. The van der Waals surface area contributed by atoms with Crippen LogP contribution >= 0.6 is 0 Å². The van der Waals surface area contributed by atoms with Crippen LogP contribution in [0.25, 0.3) is 0 Å². The third kappa shape index (κ3) is 2.24. The molecule has 16 heavy (non-hydrogen) atoms. The van der Waals surface area contributed by atoms with Gasteiger partial charge in [-0.1, -0.05) is 0 Å². The highest BCUT2D eigenvalue weighted by Gasteiger charge is 2.18. The molecule has 0 aliphatic carbocycles. The lowest BCUT2D eigenvalue weighted by atomic mass is 10.1. The van der Waals surface area contributed by atoms with E-state index < -0.39 is 11.6 Å². The molecule has 0 atom stereocenters. The molecule has 0 unspecified atom stereocenters. The molecular weight excluding hydrogens is 214 g/mol. The first-order chi connectivity index (χ1) is 7.68. The molecular formula is C11H14F2N2O. The number of nitrogen functional groups attached to an aromatic ring is 1. The van der Waals surface area contributed by atoms with Gasteiger partial charge < -0.3 is 15.8 Å². The van der Waals surface area contributed by atoms with Gasteiger partial charge in [-0.2, -0.15) is 0 Å². The van der Waals surface area contributed by atoms with Crippen molar-refractivity contribution in [2.75, 3.05) is 24.3 Å². The molecule has 1 aliphatic rings. The van der Waals surface area contributed by atoms with Crippen LogP contribution in [0.3, 0.4) is 0 Å². The predicted molar refractivity (Wildman–Crippen MR) is 58.2 cm³/mol. The summed E-state index contributed by atoms with van der Waals surface area (Å²) in [4.78, 5) is 0. The molecule has 0 amide bonds. The van der Waals surface area contributed by atoms with Crippen molar-refractivity contribution in [1.29, 1.82) is 0 Å². The van der Waals surface area contributed by atoms with Crippen molar-refractivity contribution >= 4 is 11.4 Å². The highest BCUT2D eigenvalue weighted by Crippen LogP contribution is 2.26. The molecule has 3 nitrogen and oxygen atoms in total. The van der Waals surface area contributed by atoms with Gasteiger partial charge in [0.05, 0.1) is 11.4 Å². The number of ether oxygens (including phenoxy) is 1. The summed E-state index contributed by atoms with van der Waals surface area (Å²) in [6, 6.07) is 2.48. The van der Waals surface area contributed by atoms with E-state index >= 15 is 0 Å². The quantitative estimate of drug-likeness (QED) is 0.762. The van der Waals surface area contributed by atoms with Gasteiger partial charge in [-0.05, 0) is 25.0 Å². The lowest BCUT2D eigenvalue weighted by Gasteiger charge is -2.25. The van der Waals surface area contributed by atoms with E-state index in [2.05, 4.69) is 5.32 Å². The number of hydrogen-bond acceptors (Lipinski definition) is 3. The molecule has 1 aromatic carbocycles. The Kier molecular flexibility index (Phi) is 3.24. The second kappa shape index (κ2) is 4.65. The van der Waals surface area contributed by atoms with Gasteiger partial charge in [0.15, 0.2) is 11.6 Å². The van der Waals surface area contributed by atoms with E-state index in [-0.39, 0.29) is 17.4 Å². The van der Waals surface area contributed by atoms with Crippen LogP contribution in [0, 0.1) is 11.6 Å². The zero-order valence-corrected chi connectivity index (χ0v) is 8.80. The minimum Gasteiger partial charge on any atom is -0.397 e. The Balaban J connectivity index is 2.16. The third-order valence-electron chi connectivity index (χ3n) is 2.70. The van der Waals surface area contributed by atoms with Crippen molar-refractivity contribution in [2.24, 2.45) is 0 Å². The van der Waals surface area contributed by atoms with Crippen LogP contribution in [0.4, 0.5) is 20.2 Å². The lowest BCUT2D eigenvalue weighted by molar-refractivity contribution is 0.0904. The predicted octanol–water partition coefficient (Wildman–Crippen LogP) is 2.14. The van der Waals surface area contributed by atoms with Gasteiger partial charge in [0.25, 0.3) is 0 Å². The first-order valence-electron chi connectivity index (χ1n) is 5.26. The topological polar surface area (TPSA) is 47.3 Å². The van der Waals surface area contributed by atoms with Crippen LogP contribution in [-0.4, -0.2) is 19.3 Å². The Morgan fingerprint density at radius 1 is 1.25 bits per heavy atom. The molecule has 0 bridgehead atoms. The molecule has 1 aliphatic heterocycles. The van der Waals surface area contributed by atoms with E-state index in [0.29, 0.717) is 13.2 Å². The molecule has 88 valence electrons. The minimum absolute atomic E-state index is 0.0619. The summed E-state index contributed by atoms with van der Waals surface area (Å²) in [5.74, 6) is -1.80. The van der Waals surface area contributed by atoms with Crippen molar-refractivity contribution in [2.45, 2.75) is 18.9 Å². The number of benzene rings is 1. The van der Waals surface area contributed by atoms with Crippen molar-refractivity contribution in [3.05, 3.63) is 23.8 Å². The van der Waals surface area contributed by atoms with Gasteiger partial charge in [-0.25, -0.2) is 8.78 Å². The fraction of sp³-hybridized carbons (Fsp3) is 0.455. The summed E-state index contributed by atoms with van der Waals surface area (Å²) in [5.41, 5.74) is 5.90. The Bertz CT molecular complexity index is 378. The average molecular weight is 228 g/mol. The first-order valence-corrected chi connectivity index (χ1v) is 5.26. The smallest absolute Gasteiger partial charge is 0.183 e. The van der Waals surface area contributed by atoms with Crippen LogP contribution in [0.5, 0.6) is 0 Å². The van der Waals surface area contributed by atoms with Crippen molar-refractivity contribution in [1.82, 2.24) is 0 Å². The molecule has 0 saturated carbocycles. The summed E-state index contributed by atoms with van der Waals surface area (Å²) in [6.45, 7) is 1.27. The zero-order chi connectivity index (χ0) is 11.5. The van der Waals surface area contributed by atoms with Crippen molar-refractivity contribution in [3.63, 3.8) is 0 Å². The third-order valence-corrected chi connectivity index (χ3v) is 2.70. The molecule has 0 radical (unpaired) electrons. The Hall–Kier alpha value is -1.36. The monoisotopic (exact) mass is 228 g/mol. The largest absolute Gasteiger partial charge is 0.397 e. The molecule has 1 heterocycles. The first kappa shape index (κ1) is 11.1. The van der Waals surface area contributed by atoms with Crippen LogP contribution in [0.15, 0.2) is 12.1 Å². The van der Waals surface area contributed by atoms with Crippen molar-refractivity contribution < 1.29 is 13.5 Å². The summed E-state index contributed by atoms with van der Waals surface area (Å²) in [5, 5.41) is 2.94. The Morgan fingerprint density at radius 3 is 2.62 bits per heavy atom. The molecule has 0 spiro atoms. The second-order valence-electron chi connectivity index (χ2n) is 3.86. The number of anilines is 2. The summed E-state index contributed by atoms with van der Waals surface area (Å²) in [6.07, 6.45) is 1.55. The highest BCUT2D eigenvalue weighted by atomic mass is 19.2. The normalized spacial score (nSPS) is 17.4. The molecule has 1 aromatic rings. The Morgan fingerprint density at radius 2 is 1.94 bits per heavy atom. The van der Waals surface area contributed by atoms with Crippen LogP contribution in [0.2, 0.25) is 0 Å². The van der Waals surface area contributed by atoms with E-state index in [0.717, 1.165) is 18.9 Å². The number of hydrogen-bond donors (Lipinski definition) is 2. The van der Waals surface area contributed by atoms with E-state index in [1.807, 2.05) is 0 Å². The van der Waals surface area contributed by atoms with Gasteiger partial charge in [-0.15, -0.1) is 0 Å². The van der Waals surface area contributed by atoms with Gasteiger partial charge in [0.1, 0.15) is 0 Å². The molecule has 5 heteroatoms. The Labute approximate surface area is 92.6 Å². The van der Waals surface area contributed by atoms with Crippen molar-refractivity contribution in [3.8, 4) is 0 Å². The zero-order valence-electron chi connectivity index (χ0n) is 8.80. The number of rotatable bonds is 2. The fourth-order valence-electron chi connectivity index (χ4n) is 1.76. The van der Waals surface area contributed by atoms with Gasteiger partial charge in [-0.3, -0.25) is 0 Å². The second-order valence-corrected chi connectivity index (χ2v) is 3.86. The minimum atomic E-state index is -0.911. The molecule has 0 aromatic heterocycles. The van der Waals surface area contributed by atoms with E-state index in [1.165, 1.54) is 6.07 Å². The maximum absolute atomic E-state index is 13.5. The average Bonchev–Trinajstić information content (AvgIpc) is 2.31. The molecule has 1 saturated heterocycles. The maximum Gasteiger partial charge on any atom is 0.183 e. The summed E-state index contributed by atoms with van der Waals surface area (Å²) >= 11 is 0. The molecule has 3 N–H and O–H groups in total. The van der Waals surface area contributed by atoms with Gasteiger partial charge >= 0.3 is 0 Å². The SMILES string of the molecule is Nc1ccc(F)c(F)c1NC1CCOCC1. The number of nitrogens with one attached hydrogen (secondary N) is 1. The lowest BCUT2D eigenvalue weighted by Crippen LogP contribution is -2.28. The van der Waals surface area contributed by atoms with Crippen LogP contribution in [-0.2, 0) is 4.74 Å². The van der Waals surface area contributed by atoms with Crippen LogP contribution < -0.4 is 11.1 Å². The number of halogens is 2. The van der Waals surface area contributed by atoms with Gasteiger partial charge in [0, 0.05) is 19.3 Å². The van der Waals surface area contributed by atoms with Gasteiger partial charge in [0.2, 0.25) is 0 Å². The summed E-state index contributed by atoms with van der Waals surface area (Å²) in [7, 11) is 0. The standard InChI is InChI=1S/C11H14F2N2O/c12-8-1-2-9(14)11(10(8)13)15-7-3-5-16-6-4-7/h1-2,7,15H,3-6,14H2. The van der Waals surface area contributed by atoms with E-state index in [1.54, 1.807) is 0 Å². The maximum atomic E-state index is 13.5.